The topological polar surface area (TPSA) is 68.7 Å². The van der Waals surface area contributed by atoms with Crippen molar-refractivity contribution in [2.45, 2.75) is 13.5 Å². The average molecular weight is 292 g/mol. The summed E-state index contributed by atoms with van der Waals surface area (Å²) in [6.07, 6.45) is 0. The highest BCUT2D eigenvalue weighted by Gasteiger charge is 2.17. The van der Waals surface area contributed by atoms with Crippen molar-refractivity contribution in [2.24, 2.45) is 0 Å². The third-order valence-electron chi connectivity index (χ3n) is 3.12. The molecule has 0 radical (unpaired) electrons. The number of nitrogens with zero attached hydrogens (tertiary/aromatic N) is 1. The number of nitrogen functional groups attached to an aromatic ring is 1. The summed E-state index contributed by atoms with van der Waals surface area (Å²) < 4.78 is 24.1. The minimum Gasteiger partial charge on any atom is -0.465 e. The Balaban J connectivity index is 2.31. The highest BCUT2D eigenvalue weighted by atomic mass is 19.1. The lowest BCUT2D eigenvalue weighted by molar-refractivity contribution is 0.0602. The number of hydrogen-bond donors (Lipinski definition) is 1. The highest BCUT2D eigenvalue weighted by Crippen LogP contribution is 2.26. The standard InChI is InChI=1S/C15H17FN2O3/c1-9-4-5-10(21-9)8-18(2)14-6-11(15(19)20-3)13(17)7-12(14)16/h4-7H,8,17H2,1-3H3. The summed E-state index contributed by atoms with van der Waals surface area (Å²) in [5, 5.41) is 0. The Morgan fingerprint density at radius 2 is 2.14 bits per heavy atom. The Morgan fingerprint density at radius 1 is 1.43 bits per heavy atom. The first kappa shape index (κ1) is 14.9. The maximum Gasteiger partial charge on any atom is 0.340 e. The lowest BCUT2D eigenvalue weighted by Crippen LogP contribution is -2.19. The number of esters is 1. The first-order valence-corrected chi connectivity index (χ1v) is 6.36. The lowest BCUT2D eigenvalue weighted by Gasteiger charge is -2.20. The lowest BCUT2D eigenvalue weighted by atomic mass is 10.1. The Hall–Kier alpha value is -2.50. The van der Waals surface area contributed by atoms with Crippen molar-refractivity contribution >= 4 is 17.3 Å². The van der Waals surface area contributed by atoms with Crippen LogP contribution >= 0.6 is 0 Å². The van der Waals surface area contributed by atoms with E-state index in [1.165, 1.54) is 13.2 Å². The van der Waals surface area contributed by atoms with E-state index in [1.807, 2.05) is 19.1 Å². The number of carbonyl (C=O) groups excluding carboxylic acids is 1. The number of ether oxygens (including phenoxy) is 1. The van der Waals surface area contributed by atoms with Crippen molar-refractivity contribution in [1.29, 1.82) is 0 Å². The zero-order valence-electron chi connectivity index (χ0n) is 12.1. The molecule has 0 spiro atoms. The molecule has 2 aromatic rings. The number of methoxy groups -OCH3 is 1. The maximum atomic E-state index is 14.1. The second-order valence-electron chi connectivity index (χ2n) is 4.75. The molecule has 0 aliphatic heterocycles. The number of benzene rings is 1. The predicted molar refractivity (Wildman–Crippen MR) is 77.7 cm³/mol. The molecular formula is C15H17FN2O3. The summed E-state index contributed by atoms with van der Waals surface area (Å²) in [4.78, 5) is 13.3. The van der Waals surface area contributed by atoms with Gasteiger partial charge < -0.3 is 19.8 Å². The van der Waals surface area contributed by atoms with Gasteiger partial charge in [-0.25, -0.2) is 9.18 Å². The Bertz CT molecular complexity index is 667. The monoisotopic (exact) mass is 292 g/mol. The van der Waals surface area contributed by atoms with Gasteiger partial charge in [0.05, 0.1) is 24.9 Å². The van der Waals surface area contributed by atoms with Gasteiger partial charge in [0.1, 0.15) is 17.3 Å². The van der Waals surface area contributed by atoms with Crippen molar-refractivity contribution in [2.75, 3.05) is 24.8 Å². The number of aryl methyl sites for hydroxylation is 1. The van der Waals surface area contributed by atoms with Crippen LogP contribution in [0, 0.1) is 12.7 Å². The van der Waals surface area contributed by atoms with Crippen LogP contribution < -0.4 is 10.6 Å². The average Bonchev–Trinajstić information content (AvgIpc) is 2.83. The number of anilines is 2. The van der Waals surface area contributed by atoms with E-state index in [0.29, 0.717) is 12.3 Å². The normalized spacial score (nSPS) is 10.5. The molecule has 6 heteroatoms. The van der Waals surface area contributed by atoms with Gasteiger partial charge in [-0.1, -0.05) is 0 Å². The number of carbonyl (C=O) groups is 1. The maximum absolute atomic E-state index is 14.1. The van der Waals surface area contributed by atoms with E-state index in [2.05, 4.69) is 4.74 Å². The van der Waals surface area contributed by atoms with Crippen molar-refractivity contribution in [3.63, 3.8) is 0 Å². The second kappa shape index (κ2) is 5.87. The van der Waals surface area contributed by atoms with E-state index < -0.39 is 11.8 Å². The smallest absolute Gasteiger partial charge is 0.340 e. The SMILES string of the molecule is COC(=O)c1cc(N(C)Cc2ccc(C)o2)c(F)cc1N. The highest BCUT2D eigenvalue weighted by molar-refractivity contribution is 5.96. The van der Waals surface area contributed by atoms with Crippen molar-refractivity contribution in [3.8, 4) is 0 Å². The first-order chi connectivity index (χ1) is 9.92. The van der Waals surface area contributed by atoms with Crippen LogP contribution in [0.3, 0.4) is 0 Å². The predicted octanol–water partition coefficient (Wildman–Crippen LogP) is 2.73. The third kappa shape index (κ3) is 3.16. The van der Waals surface area contributed by atoms with E-state index in [0.717, 1.165) is 11.8 Å². The summed E-state index contributed by atoms with van der Waals surface area (Å²) in [5.41, 5.74) is 6.08. The molecule has 0 bridgehead atoms. The van der Waals surface area contributed by atoms with Crippen molar-refractivity contribution in [3.05, 3.63) is 47.2 Å². The van der Waals surface area contributed by atoms with E-state index in [4.69, 9.17) is 10.2 Å². The van der Waals surface area contributed by atoms with Gasteiger partial charge in [-0.05, 0) is 31.2 Å². The summed E-state index contributed by atoms with van der Waals surface area (Å²) in [6.45, 7) is 2.21. The van der Waals surface area contributed by atoms with Crippen molar-refractivity contribution in [1.82, 2.24) is 0 Å². The molecule has 5 nitrogen and oxygen atoms in total. The zero-order valence-corrected chi connectivity index (χ0v) is 12.1. The van der Waals surface area contributed by atoms with Gasteiger partial charge in [0, 0.05) is 12.7 Å². The largest absolute Gasteiger partial charge is 0.465 e. The minimum absolute atomic E-state index is 0.0466. The fraction of sp³-hybridized carbons (Fsp3) is 0.267. The fourth-order valence-electron chi connectivity index (χ4n) is 2.05. The van der Waals surface area contributed by atoms with Crippen LogP contribution in [0.25, 0.3) is 0 Å². The van der Waals surface area contributed by atoms with E-state index in [9.17, 15) is 9.18 Å². The van der Waals surface area contributed by atoms with Crippen LogP contribution in [-0.2, 0) is 11.3 Å². The quantitative estimate of drug-likeness (QED) is 0.693. The molecule has 0 aliphatic carbocycles. The summed E-state index contributed by atoms with van der Waals surface area (Å²) in [5.74, 6) is 0.374. The number of furan rings is 1. The molecular weight excluding hydrogens is 275 g/mol. The molecule has 1 heterocycles. The van der Waals surface area contributed by atoms with Crippen LogP contribution in [0.4, 0.5) is 15.8 Å². The molecule has 0 amide bonds. The molecule has 112 valence electrons. The van der Waals surface area contributed by atoms with Gasteiger partial charge >= 0.3 is 5.97 Å². The van der Waals surface area contributed by atoms with Crippen LogP contribution in [0.15, 0.2) is 28.7 Å². The molecule has 21 heavy (non-hydrogen) atoms. The molecule has 2 rings (SSSR count). The molecule has 0 saturated carbocycles. The molecule has 0 unspecified atom stereocenters. The van der Waals surface area contributed by atoms with Crippen LogP contribution in [0.1, 0.15) is 21.9 Å². The summed E-state index contributed by atoms with van der Waals surface area (Å²) in [7, 11) is 2.95. The van der Waals surface area contributed by atoms with Crippen molar-refractivity contribution < 1.29 is 18.3 Å². The van der Waals surface area contributed by atoms with E-state index in [1.54, 1.807) is 11.9 Å². The molecule has 0 saturated heterocycles. The van der Waals surface area contributed by atoms with Gasteiger partial charge in [0.2, 0.25) is 0 Å². The van der Waals surface area contributed by atoms with Gasteiger partial charge in [-0.3, -0.25) is 0 Å². The van der Waals surface area contributed by atoms with Crippen LogP contribution in [-0.4, -0.2) is 20.1 Å². The Kier molecular flexibility index (Phi) is 4.16. The molecule has 0 fully saturated rings. The number of rotatable bonds is 4. The molecule has 1 aromatic carbocycles. The third-order valence-corrected chi connectivity index (χ3v) is 3.12. The van der Waals surface area contributed by atoms with Crippen LogP contribution in [0.2, 0.25) is 0 Å². The van der Waals surface area contributed by atoms with Gasteiger partial charge in [0.25, 0.3) is 0 Å². The molecule has 0 aliphatic rings. The van der Waals surface area contributed by atoms with Gasteiger partial charge in [-0.15, -0.1) is 0 Å². The number of hydrogen-bond acceptors (Lipinski definition) is 5. The number of nitrogens with two attached hydrogens (primary N) is 1. The summed E-state index contributed by atoms with van der Waals surface area (Å²) in [6, 6.07) is 6.16. The minimum atomic E-state index is -0.601. The van der Waals surface area contributed by atoms with Crippen LogP contribution in [0.5, 0.6) is 0 Å². The summed E-state index contributed by atoms with van der Waals surface area (Å²) >= 11 is 0. The fourth-order valence-corrected chi connectivity index (χ4v) is 2.05. The Labute approximate surface area is 122 Å². The molecule has 1 aromatic heterocycles. The van der Waals surface area contributed by atoms with Gasteiger partial charge in [0.15, 0.2) is 0 Å². The second-order valence-corrected chi connectivity index (χ2v) is 4.75. The van der Waals surface area contributed by atoms with Gasteiger partial charge in [-0.2, -0.15) is 0 Å². The first-order valence-electron chi connectivity index (χ1n) is 6.36. The number of halogens is 1. The van der Waals surface area contributed by atoms with E-state index >= 15 is 0 Å². The zero-order chi connectivity index (χ0) is 15.6. The molecule has 2 N–H and O–H groups in total. The Morgan fingerprint density at radius 3 is 2.71 bits per heavy atom. The molecule has 0 atom stereocenters. The van der Waals surface area contributed by atoms with E-state index in [-0.39, 0.29) is 16.9 Å².